The molecule has 2 aromatic heterocycles. The predicted octanol–water partition coefficient (Wildman–Crippen LogP) is 4.63. The highest BCUT2D eigenvalue weighted by Gasteiger charge is 2.46. The van der Waals surface area contributed by atoms with Crippen LogP contribution in [-0.2, 0) is 4.79 Å². The van der Waals surface area contributed by atoms with Crippen molar-refractivity contribution in [1.29, 1.82) is 0 Å². The fourth-order valence-corrected chi connectivity index (χ4v) is 5.46. The van der Waals surface area contributed by atoms with Crippen LogP contribution in [0.4, 0.5) is 9.52 Å². The Kier molecular flexibility index (Phi) is 5.48. The number of anilines is 1. The summed E-state index contributed by atoms with van der Waals surface area (Å²) in [5.41, 5.74) is 0.438. The van der Waals surface area contributed by atoms with E-state index in [1.807, 2.05) is 6.92 Å². The van der Waals surface area contributed by atoms with E-state index in [2.05, 4.69) is 10.2 Å². The van der Waals surface area contributed by atoms with Gasteiger partial charge in [-0.3, -0.25) is 14.5 Å². The van der Waals surface area contributed by atoms with Crippen molar-refractivity contribution in [2.45, 2.75) is 17.3 Å². The van der Waals surface area contributed by atoms with E-state index in [9.17, 15) is 19.1 Å². The van der Waals surface area contributed by atoms with Crippen molar-refractivity contribution in [2.24, 2.45) is 0 Å². The number of rotatable bonds is 6. The average molecular weight is 448 g/mol. The summed E-state index contributed by atoms with van der Waals surface area (Å²) >= 11 is 3.89. The lowest BCUT2D eigenvalue weighted by Crippen LogP contribution is -2.31. The number of thiophene rings is 1. The molecule has 0 unspecified atom stereocenters. The molecule has 1 N–H and O–H groups in total. The first-order valence-corrected chi connectivity index (χ1v) is 11.3. The standard InChI is InChI=1S/C19H14FN3O3S3/c1-2-27-19-22-21-18(29-19)23-14(10-5-7-11(20)8-6-10)13(16(25)17(23)26)15(24)12-4-3-9-28-12/h3-9,14,25H,2H2,1H3/t14-/m1/s1. The van der Waals surface area contributed by atoms with Gasteiger partial charge in [0, 0.05) is 0 Å². The monoisotopic (exact) mass is 447 g/mol. The first-order chi connectivity index (χ1) is 14.0. The number of aromatic nitrogens is 2. The van der Waals surface area contributed by atoms with Crippen LogP contribution in [0.15, 0.2) is 57.5 Å². The van der Waals surface area contributed by atoms with Gasteiger partial charge >= 0.3 is 0 Å². The molecule has 3 aromatic rings. The molecule has 1 aromatic carbocycles. The number of halogens is 1. The predicted molar refractivity (Wildman–Crippen MR) is 111 cm³/mol. The number of Topliss-reactive ketones (excluding diaryl/α,β-unsaturated/α-hetero) is 1. The fraction of sp³-hybridized carbons (Fsp3) is 0.158. The van der Waals surface area contributed by atoms with Gasteiger partial charge in [-0.1, -0.05) is 48.2 Å². The SMILES string of the molecule is CCSc1nnc(N2C(=O)C(O)=C(C(=O)c3cccs3)[C@H]2c2ccc(F)cc2)s1. The van der Waals surface area contributed by atoms with Crippen LogP contribution in [0.1, 0.15) is 28.2 Å². The lowest BCUT2D eigenvalue weighted by Gasteiger charge is -2.23. The molecule has 148 valence electrons. The number of hydrogen-bond donors (Lipinski definition) is 1. The topological polar surface area (TPSA) is 83.4 Å². The van der Waals surface area contributed by atoms with Gasteiger partial charge in [0.2, 0.25) is 10.9 Å². The van der Waals surface area contributed by atoms with Crippen molar-refractivity contribution in [2.75, 3.05) is 10.7 Å². The van der Waals surface area contributed by atoms with Crippen molar-refractivity contribution in [3.8, 4) is 0 Å². The fourth-order valence-electron chi connectivity index (χ4n) is 3.02. The third kappa shape index (κ3) is 3.59. The molecule has 1 aliphatic rings. The highest BCUT2D eigenvalue weighted by molar-refractivity contribution is 8.01. The number of amides is 1. The van der Waals surface area contributed by atoms with Crippen molar-refractivity contribution >= 4 is 51.3 Å². The van der Waals surface area contributed by atoms with E-state index in [0.29, 0.717) is 14.8 Å². The van der Waals surface area contributed by atoms with E-state index in [1.165, 1.54) is 63.6 Å². The molecule has 4 rings (SSSR count). The zero-order chi connectivity index (χ0) is 20.5. The van der Waals surface area contributed by atoms with Gasteiger partial charge in [0.15, 0.2) is 10.1 Å². The largest absolute Gasteiger partial charge is 0.503 e. The van der Waals surface area contributed by atoms with Crippen LogP contribution < -0.4 is 4.90 Å². The van der Waals surface area contributed by atoms with Crippen molar-refractivity contribution in [3.05, 3.63) is 69.4 Å². The van der Waals surface area contributed by atoms with Crippen LogP contribution in [0.5, 0.6) is 0 Å². The lowest BCUT2D eigenvalue weighted by atomic mass is 9.95. The van der Waals surface area contributed by atoms with Gasteiger partial charge in [0.1, 0.15) is 5.82 Å². The van der Waals surface area contributed by atoms with E-state index in [0.717, 1.165) is 5.75 Å². The van der Waals surface area contributed by atoms with Gasteiger partial charge in [-0.05, 0) is 34.9 Å². The Bertz CT molecular complexity index is 1090. The molecule has 6 nitrogen and oxygen atoms in total. The van der Waals surface area contributed by atoms with Crippen LogP contribution >= 0.6 is 34.4 Å². The molecule has 10 heteroatoms. The van der Waals surface area contributed by atoms with Crippen molar-refractivity contribution < 1.29 is 19.1 Å². The molecule has 1 aliphatic heterocycles. The average Bonchev–Trinajstić information content (AvgIpc) is 3.44. The van der Waals surface area contributed by atoms with Gasteiger partial charge in [0.05, 0.1) is 16.5 Å². The Balaban J connectivity index is 1.83. The summed E-state index contributed by atoms with van der Waals surface area (Å²) in [7, 11) is 0. The second-order valence-electron chi connectivity index (χ2n) is 5.98. The number of nitrogens with zero attached hydrogens (tertiary/aromatic N) is 3. The Labute approximate surface area is 177 Å². The zero-order valence-corrected chi connectivity index (χ0v) is 17.5. The minimum absolute atomic E-state index is 0.0519. The Morgan fingerprint density at radius 2 is 2.03 bits per heavy atom. The second kappa shape index (κ2) is 8.05. The van der Waals surface area contributed by atoms with E-state index in [1.54, 1.807) is 17.5 Å². The van der Waals surface area contributed by atoms with Gasteiger partial charge in [-0.2, -0.15) is 0 Å². The molecule has 3 heterocycles. The van der Waals surface area contributed by atoms with Crippen LogP contribution in [0.2, 0.25) is 0 Å². The number of carbonyl (C=O) groups is 2. The van der Waals surface area contributed by atoms with Gasteiger partial charge in [-0.15, -0.1) is 21.5 Å². The summed E-state index contributed by atoms with van der Waals surface area (Å²) in [6.45, 7) is 1.97. The third-order valence-electron chi connectivity index (χ3n) is 4.25. The van der Waals surface area contributed by atoms with E-state index in [-0.39, 0.29) is 10.7 Å². The Morgan fingerprint density at radius 1 is 1.28 bits per heavy atom. The lowest BCUT2D eigenvalue weighted by molar-refractivity contribution is -0.117. The number of aliphatic hydroxyl groups is 1. The van der Waals surface area contributed by atoms with Crippen LogP contribution in [0, 0.1) is 5.82 Å². The van der Waals surface area contributed by atoms with Gasteiger partial charge in [-0.25, -0.2) is 4.39 Å². The van der Waals surface area contributed by atoms with Crippen LogP contribution in [0.25, 0.3) is 0 Å². The minimum Gasteiger partial charge on any atom is -0.503 e. The maximum Gasteiger partial charge on any atom is 0.296 e. The normalized spacial score (nSPS) is 16.7. The molecule has 1 atom stereocenters. The van der Waals surface area contributed by atoms with Gasteiger partial charge in [0.25, 0.3) is 5.91 Å². The van der Waals surface area contributed by atoms with E-state index in [4.69, 9.17) is 0 Å². The number of aliphatic hydroxyl groups excluding tert-OH is 1. The third-order valence-corrected chi connectivity index (χ3v) is 7.06. The molecule has 29 heavy (non-hydrogen) atoms. The maximum absolute atomic E-state index is 13.5. The summed E-state index contributed by atoms with van der Waals surface area (Å²) in [6.07, 6.45) is 0. The quantitative estimate of drug-likeness (QED) is 0.337. The smallest absolute Gasteiger partial charge is 0.296 e. The molecule has 1 amide bonds. The number of carbonyl (C=O) groups excluding carboxylic acids is 2. The maximum atomic E-state index is 13.5. The Hall–Kier alpha value is -2.56. The molecular formula is C19H14FN3O3S3. The zero-order valence-electron chi connectivity index (χ0n) is 15.0. The minimum atomic E-state index is -0.926. The van der Waals surface area contributed by atoms with Crippen molar-refractivity contribution in [3.63, 3.8) is 0 Å². The molecule has 0 bridgehead atoms. The first-order valence-electron chi connectivity index (χ1n) is 8.58. The first kappa shape index (κ1) is 19.7. The summed E-state index contributed by atoms with van der Waals surface area (Å²) in [5.74, 6) is -1.46. The van der Waals surface area contributed by atoms with Gasteiger partial charge < -0.3 is 5.11 Å². The molecule has 0 saturated heterocycles. The Morgan fingerprint density at radius 3 is 2.69 bits per heavy atom. The highest BCUT2D eigenvalue weighted by Crippen LogP contribution is 2.43. The van der Waals surface area contributed by atoms with Crippen LogP contribution in [0.3, 0.4) is 0 Å². The number of benzene rings is 1. The van der Waals surface area contributed by atoms with Crippen molar-refractivity contribution in [1.82, 2.24) is 10.2 Å². The van der Waals surface area contributed by atoms with Crippen LogP contribution in [-0.4, -0.2) is 32.7 Å². The highest BCUT2D eigenvalue weighted by atomic mass is 32.2. The summed E-state index contributed by atoms with van der Waals surface area (Å²) < 4.78 is 14.2. The summed E-state index contributed by atoms with van der Waals surface area (Å²) in [5, 5.41) is 20.8. The van der Waals surface area contributed by atoms with E-state index < -0.39 is 29.3 Å². The number of ketones is 1. The molecule has 0 fully saturated rings. The van der Waals surface area contributed by atoms with E-state index >= 15 is 0 Å². The molecule has 0 aliphatic carbocycles. The number of hydrogen-bond acceptors (Lipinski definition) is 8. The molecule has 0 saturated carbocycles. The second-order valence-corrected chi connectivity index (χ2v) is 9.40. The summed E-state index contributed by atoms with van der Waals surface area (Å²) in [4.78, 5) is 27.7. The summed E-state index contributed by atoms with van der Waals surface area (Å²) in [6, 6.07) is 7.90. The number of thioether (sulfide) groups is 1. The molecule has 0 spiro atoms. The molecule has 0 radical (unpaired) electrons. The molecular weight excluding hydrogens is 433 g/mol.